The third-order valence-electron chi connectivity index (χ3n) is 3.24. The van der Waals surface area contributed by atoms with Crippen LogP contribution in [0.5, 0.6) is 0 Å². The molecule has 0 aliphatic heterocycles. The summed E-state index contributed by atoms with van der Waals surface area (Å²) in [5.74, 6) is 0.0390. The number of thiocarbonyl (C=S) groups is 1. The Labute approximate surface area is 151 Å². The van der Waals surface area contributed by atoms with Crippen molar-refractivity contribution < 1.29 is 4.79 Å². The Morgan fingerprint density at radius 3 is 2.43 bits per heavy atom. The van der Waals surface area contributed by atoms with Crippen molar-refractivity contribution >= 4 is 52.0 Å². The summed E-state index contributed by atoms with van der Waals surface area (Å²) in [6.45, 7) is 2.19. The molecule has 0 aromatic heterocycles. The molecule has 0 saturated heterocycles. The van der Waals surface area contributed by atoms with E-state index in [4.69, 9.17) is 35.4 Å². The highest BCUT2D eigenvalue weighted by atomic mass is 35.5. The quantitative estimate of drug-likeness (QED) is 0.592. The van der Waals surface area contributed by atoms with E-state index in [9.17, 15) is 4.79 Å². The van der Waals surface area contributed by atoms with Crippen molar-refractivity contribution in [2.24, 2.45) is 0 Å². The first-order valence-corrected chi connectivity index (χ1v) is 8.22. The second-order valence-corrected chi connectivity index (χ2v) is 6.25. The maximum Gasteiger partial charge on any atom is 0.170 e. The number of ketones is 1. The van der Waals surface area contributed by atoms with Crippen LogP contribution in [-0.2, 0) is 6.42 Å². The van der Waals surface area contributed by atoms with Gasteiger partial charge in [-0.3, -0.25) is 4.79 Å². The number of nitrogens with one attached hydrogen (secondary N) is 2. The van der Waals surface area contributed by atoms with Gasteiger partial charge in [-0.2, -0.15) is 0 Å². The zero-order chi connectivity index (χ0) is 16.8. The predicted molar refractivity (Wildman–Crippen MR) is 101 cm³/mol. The van der Waals surface area contributed by atoms with Crippen LogP contribution in [0.2, 0.25) is 10.0 Å². The van der Waals surface area contributed by atoms with E-state index in [0.29, 0.717) is 27.3 Å². The summed E-state index contributed by atoms with van der Waals surface area (Å²) in [7, 11) is 0. The minimum absolute atomic E-state index is 0.0390. The number of halogens is 2. The fourth-order valence-electron chi connectivity index (χ4n) is 2.00. The molecule has 0 atom stereocenters. The largest absolute Gasteiger partial charge is 0.362 e. The van der Waals surface area contributed by atoms with E-state index in [1.165, 1.54) is 6.92 Å². The molecule has 120 valence electrons. The van der Waals surface area contributed by atoms with Crippen molar-refractivity contribution in [2.75, 3.05) is 11.9 Å². The van der Waals surface area contributed by atoms with Gasteiger partial charge in [-0.05, 0) is 67.5 Å². The summed E-state index contributed by atoms with van der Waals surface area (Å²) in [5.41, 5.74) is 2.51. The van der Waals surface area contributed by atoms with Crippen molar-refractivity contribution in [2.45, 2.75) is 13.3 Å². The lowest BCUT2D eigenvalue weighted by Crippen LogP contribution is -2.30. The number of carbonyl (C=O) groups excluding carboxylic acids is 1. The Morgan fingerprint density at radius 2 is 1.83 bits per heavy atom. The Kier molecular flexibility index (Phi) is 6.39. The summed E-state index contributed by atoms with van der Waals surface area (Å²) in [5, 5.41) is 7.99. The summed E-state index contributed by atoms with van der Waals surface area (Å²) in [4.78, 5) is 11.2. The van der Waals surface area contributed by atoms with Gasteiger partial charge in [0.25, 0.3) is 0 Å². The van der Waals surface area contributed by atoms with E-state index in [1.54, 1.807) is 18.2 Å². The third kappa shape index (κ3) is 5.50. The zero-order valence-corrected chi connectivity index (χ0v) is 14.9. The molecule has 2 aromatic carbocycles. The van der Waals surface area contributed by atoms with Crippen LogP contribution in [0.15, 0.2) is 42.5 Å². The number of benzene rings is 2. The molecule has 2 N–H and O–H groups in total. The standard InChI is InChI=1S/C17H16Cl2N2OS/c1-11(22)12-3-6-15(7-4-12)21-17(23)20-9-8-13-2-5-14(18)10-16(13)19/h2-7,10H,8-9H2,1H3,(H2,20,21,23). The topological polar surface area (TPSA) is 41.1 Å². The van der Waals surface area contributed by atoms with E-state index in [0.717, 1.165) is 17.7 Å². The number of rotatable bonds is 5. The maximum atomic E-state index is 11.2. The van der Waals surface area contributed by atoms with E-state index < -0.39 is 0 Å². The average molecular weight is 367 g/mol. The first-order chi connectivity index (χ1) is 11.0. The second kappa shape index (κ2) is 8.29. The van der Waals surface area contributed by atoms with Crippen LogP contribution < -0.4 is 10.6 Å². The molecule has 0 unspecified atom stereocenters. The van der Waals surface area contributed by atoms with Crippen molar-refractivity contribution in [3.8, 4) is 0 Å². The molecule has 0 heterocycles. The number of hydrogen-bond acceptors (Lipinski definition) is 2. The average Bonchev–Trinajstić information content (AvgIpc) is 2.50. The number of Topliss-reactive ketones (excluding diaryl/α,β-unsaturated/α-hetero) is 1. The van der Waals surface area contributed by atoms with Crippen LogP contribution in [-0.4, -0.2) is 17.4 Å². The molecule has 0 aliphatic rings. The van der Waals surface area contributed by atoms with Gasteiger partial charge in [-0.15, -0.1) is 0 Å². The van der Waals surface area contributed by atoms with Crippen molar-refractivity contribution in [1.82, 2.24) is 5.32 Å². The molecule has 0 spiro atoms. The number of carbonyl (C=O) groups is 1. The second-order valence-electron chi connectivity index (χ2n) is 5.00. The first-order valence-electron chi connectivity index (χ1n) is 7.05. The number of hydrogen-bond donors (Lipinski definition) is 2. The first kappa shape index (κ1) is 17.7. The monoisotopic (exact) mass is 366 g/mol. The summed E-state index contributed by atoms with van der Waals surface area (Å²) >= 11 is 17.2. The Balaban J connectivity index is 1.82. The highest BCUT2D eigenvalue weighted by Crippen LogP contribution is 2.21. The van der Waals surface area contributed by atoms with E-state index >= 15 is 0 Å². The molecule has 0 bridgehead atoms. The smallest absolute Gasteiger partial charge is 0.170 e. The fourth-order valence-corrected chi connectivity index (χ4v) is 2.72. The molecular weight excluding hydrogens is 351 g/mol. The maximum absolute atomic E-state index is 11.2. The van der Waals surface area contributed by atoms with E-state index in [2.05, 4.69) is 10.6 Å². The van der Waals surface area contributed by atoms with Crippen molar-refractivity contribution in [1.29, 1.82) is 0 Å². The lowest BCUT2D eigenvalue weighted by atomic mass is 10.1. The van der Waals surface area contributed by atoms with Crippen LogP contribution in [0, 0.1) is 0 Å². The molecule has 0 fully saturated rings. The number of anilines is 1. The molecule has 2 rings (SSSR count). The molecule has 6 heteroatoms. The van der Waals surface area contributed by atoms with Gasteiger partial charge in [0, 0.05) is 27.8 Å². The normalized spacial score (nSPS) is 10.2. The molecule has 0 aliphatic carbocycles. The lowest BCUT2D eigenvalue weighted by molar-refractivity contribution is 0.101. The van der Waals surface area contributed by atoms with Crippen LogP contribution in [0.4, 0.5) is 5.69 Å². The summed E-state index contributed by atoms with van der Waals surface area (Å²) in [6, 6.07) is 12.6. The third-order valence-corrected chi connectivity index (χ3v) is 4.08. The van der Waals surface area contributed by atoms with Gasteiger partial charge >= 0.3 is 0 Å². The van der Waals surface area contributed by atoms with Gasteiger partial charge in [0.05, 0.1) is 0 Å². The predicted octanol–water partition coefficient (Wildman–Crippen LogP) is 4.73. The SMILES string of the molecule is CC(=O)c1ccc(NC(=S)NCCc2ccc(Cl)cc2Cl)cc1. The zero-order valence-electron chi connectivity index (χ0n) is 12.5. The van der Waals surface area contributed by atoms with E-state index in [1.807, 2.05) is 24.3 Å². The molecule has 2 aromatic rings. The minimum Gasteiger partial charge on any atom is -0.362 e. The van der Waals surface area contributed by atoms with Crippen molar-refractivity contribution in [3.05, 3.63) is 63.6 Å². The van der Waals surface area contributed by atoms with Crippen molar-refractivity contribution in [3.63, 3.8) is 0 Å². The molecule has 0 saturated carbocycles. The van der Waals surface area contributed by atoms with Gasteiger partial charge < -0.3 is 10.6 Å². The summed E-state index contributed by atoms with van der Waals surface area (Å²) < 4.78 is 0. The van der Waals surface area contributed by atoms with Crippen LogP contribution in [0.25, 0.3) is 0 Å². The van der Waals surface area contributed by atoms with Gasteiger partial charge in [-0.1, -0.05) is 29.3 Å². The van der Waals surface area contributed by atoms with Gasteiger partial charge in [0.2, 0.25) is 0 Å². The highest BCUT2D eigenvalue weighted by Gasteiger charge is 2.03. The van der Waals surface area contributed by atoms with Gasteiger partial charge in [0.15, 0.2) is 10.9 Å². The summed E-state index contributed by atoms with van der Waals surface area (Å²) in [6.07, 6.45) is 0.737. The Morgan fingerprint density at radius 1 is 1.13 bits per heavy atom. The Hall–Kier alpha value is -1.62. The van der Waals surface area contributed by atoms with Gasteiger partial charge in [-0.25, -0.2) is 0 Å². The molecule has 3 nitrogen and oxygen atoms in total. The molecule has 0 amide bonds. The molecule has 23 heavy (non-hydrogen) atoms. The van der Waals surface area contributed by atoms with Gasteiger partial charge in [0.1, 0.15) is 0 Å². The van der Waals surface area contributed by atoms with Crippen LogP contribution >= 0.6 is 35.4 Å². The Bertz CT molecular complexity index is 717. The highest BCUT2D eigenvalue weighted by molar-refractivity contribution is 7.80. The lowest BCUT2D eigenvalue weighted by Gasteiger charge is -2.11. The fraction of sp³-hybridized carbons (Fsp3) is 0.176. The molecule has 0 radical (unpaired) electrons. The van der Waals surface area contributed by atoms with Crippen LogP contribution in [0.3, 0.4) is 0 Å². The molecular formula is C17H16Cl2N2OS. The van der Waals surface area contributed by atoms with Crippen LogP contribution in [0.1, 0.15) is 22.8 Å². The minimum atomic E-state index is 0.0390. The van der Waals surface area contributed by atoms with E-state index in [-0.39, 0.29) is 5.78 Å².